The quantitative estimate of drug-likeness (QED) is 0.722. The number of hydrogen-bond acceptors (Lipinski definition) is 2. The summed E-state index contributed by atoms with van der Waals surface area (Å²) in [6, 6.07) is 8.14. The average Bonchev–Trinajstić information content (AvgIpc) is 2.82. The maximum Gasteiger partial charge on any atom is 0.326 e. The molecule has 0 spiro atoms. The molecule has 0 aliphatic carbocycles. The minimum absolute atomic E-state index is 0.00454. The zero-order chi connectivity index (χ0) is 10.3. The van der Waals surface area contributed by atoms with Crippen LogP contribution in [0.15, 0.2) is 29.1 Å². The Bertz CT molecular complexity index is 534. The van der Waals surface area contributed by atoms with Gasteiger partial charge in [-0.3, -0.25) is 4.57 Å². The van der Waals surface area contributed by atoms with Crippen molar-refractivity contribution in [2.24, 2.45) is 0 Å². The fourth-order valence-electron chi connectivity index (χ4n) is 2.30. The van der Waals surface area contributed by atoms with Crippen molar-refractivity contribution in [2.45, 2.75) is 12.5 Å². The second kappa shape index (κ2) is 3.24. The molecule has 1 aromatic carbocycles. The molecule has 1 aliphatic heterocycles. The monoisotopic (exact) mass is 203 g/mol. The number of aromatic nitrogens is 2. The molecule has 0 unspecified atom stereocenters. The molecule has 0 radical (unpaired) electrons. The van der Waals surface area contributed by atoms with E-state index in [0.29, 0.717) is 6.04 Å². The summed E-state index contributed by atoms with van der Waals surface area (Å²) >= 11 is 0. The highest BCUT2D eigenvalue weighted by molar-refractivity contribution is 5.75. The Morgan fingerprint density at radius 2 is 2.20 bits per heavy atom. The van der Waals surface area contributed by atoms with Gasteiger partial charge in [-0.25, -0.2) is 4.79 Å². The Balaban J connectivity index is 2.23. The first kappa shape index (κ1) is 8.73. The van der Waals surface area contributed by atoms with E-state index in [1.807, 2.05) is 28.8 Å². The first-order chi connectivity index (χ1) is 7.36. The molecule has 0 saturated carbocycles. The van der Waals surface area contributed by atoms with Gasteiger partial charge in [0.2, 0.25) is 0 Å². The lowest BCUT2D eigenvalue weighted by molar-refractivity contribution is 0.546. The van der Waals surface area contributed by atoms with Gasteiger partial charge < -0.3 is 10.3 Å². The van der Waals surface area contributed by atoms with Gasteiger partial charge >= 0.3 is 5.69 Å². The van der Waals surface area contributed by atoms with E-state index in [1.165, 1.54) is 0 Å². The van der Waals surface area contributed by atoms with Gasteiger partial charge in [-0.2, -0.15) is 0 Å². The predicted octanol–water partition coefficient (Wildman–Crippen LogP) is 0.864. The van der Waals surface area contributed by atoms with Crippen molar-refractivity contribution in [1.29, 1.82) is 0 Å². The lowest BCUT2D eigenvalue weighted by Gasteiger charge is -2.09. The maximum absolute atomic E-state index is 11.8. The molecule has 1 aliphatic rings. The van der Waals surface area contributed by atoms with Crippen molar-refractivity contribution in [3.05, 3.63) is 34.7 Å². The minimum atomic E-state index is 0.00454. The van der Waals surface area contributed by atoms with Gasteiger partial charge in [0, 0.05) is 6.54 Å². The predicted molar refractivity (Wildman–Crippen MR) is 59.1 cm³/mol. The molecule has 2 N–H and O–H groups in total. The minimum Gasteiger partial charge on any atom is -0.315 e. The number of H-pyrrole nitrogens is 1. The number of benzene rings is 1. The number of imidazole rings is 1. The lowest BCUT2D eigenvalue weighted by Crippen LogP contribution is -2.23. The van der Waals surface area contributed by atoms with Crippen LogP contribution in [0.25, 0.3) is 11.0 Å². The van der Waals surface area contributed by atoms with Crippen LogP contribution in [0.2, 0.25) is 0 Å². The van der Waals surface area contributed by atoms with E-state index in [2.05, 4.69) is 10.3 Å². The zero-order valence-electron chi connectivity index (χ0n) is 8.36. The van der Waals surface area contributed by atoms with E-state index in [1.54, 1.807) is 0 Å². The summed E-state index contributed by atoms with van der Waals surface area (Å²) in [5.74, 6) is 0. The Morgan fingerprint density at radius 1 is 1.33 bits per heavy atom. The van der Waals surface area contributed by atoms with Gasteiger partial charge in [0.1, 0.15) is 0 Å². The molecule has 2 aromatic rings. The Hall–Kier alpha value is -1.55. The Kier molecular flexibility index (Phi) is 1.89. The topological polar surface area (TPSA) is 49.8 Å². The first-order valence-corrected chi connectivity index (χ1v) is 5.26. The Morgan fingerprint density at radius 3 is 3.00 bits per heavy atom. The molecule has 2 heterocycles. The molecule has 4 nitrogen and oxygen atoms in total. The van der Waals surface area contributed by atoms with Gasteiger partial charge in [-0.15, -0.1) is 0 Å². The molecule has 1 fully saturated rings. The highest BCUT2D eigenvalue weighted by Gasteiger charge is 2.20. The summed E-state index contributed by atoms with van der Waals surface area (Å²) in [5, 5.41) is 3.28. The highest BCUT2D eigenvalue weighted by Crippen LogP contribution is 2.18. The van der Waals surface area contributed by atoms with Crippen molar-refractivity contribution >= 4 is 11.0 Å². The van der Waals surface area contributed by atoms with Crippen LogP contribution in [-0.4, -0.2) is 22.6 Å². The molecule has 0 amide bonds. The third-order valence-electron chi connectivity index (χ3n) is 3.02. The van der Waals surface area contributed by atoms with Crippen LogP contribution in [-0.2, 0) is 0 Å². The number of para-hydroxylation sites is 2. The summed E-state index contributed by atoms with van der Waals surface area (Å²) in [4.78, 5) is 14.7. The van der Waals surface area contributed by atoms with Gasteiger partial charge in [0.25, 0.3) is 0 Å². The van der Waals surface area contributed by atoms with Gasteiger partial charge in [-0.1, -0.05) is 12.1 Å². The maximum atomic E-state index is 11.8. The smallest absolute Gasteiger partial charge is 0.315 e. The molecule has 4 heteroatoms. The summed E-state index contributed by atoms with van der Waals surface area (Å²) in [7, 11) is 0. The average molecular weight is 203 g/mol. The van der Waals surface area contributed by atoms with E-state index in [4.69, 9.17) is 0 Å². The second-order valence-corrected chi connectivity index (χ2v) is 3.96. The number of rotatable bonds is 1. The number of hydrogen-bond donors (Lipinski definition) is 2. The van der Waals surface area contributed by atoms with Crippen LogP contribution in [0.1, 0.15) is 12.5 Å². The highest BCUT2D eigenvalue weighted by atomic mass is 16.1. The fourth-order valence-corrected chi connectivity index (χ4v) is 2.30. The SMILES string of the molecule is O=c1[nH]c2ccccc2n1[C@@H]1CCNC1. The molecule has 1 atom stereocenters. The van der Waals surface area contributed by atoms with Gasteiger partial charge in [-0.05, 0) is 25.1 Å². The molecule has 1 saturated heterocycles. The summed E-state index contributed by atoms with van der Waals surface area (Å²) < 4.78 is 1.87. The van der Waals surface area contributed by atoms with E-state index in [-0.39, 0.29) is 5.69 Å². The van der Waals surface area contributed by atoms with Gasteiger partial charge in [0.05, 0.1) is 17.1 Å². The van der Waals surface area contributed by atoms with E-state index < -0.39 is 0 Å². The lowest BCUT2D eigenvalue weighted by atomic mass is 10.2. The third kappa shape index (κ3) is 1.29. The molecule has 1 aromatic heterocycles. The molecule has 15 heavy (non-hydrogen) atoms. The summed E-state index contributed by atoms with van der Waals surface area (Å²) in [6.07, 6.45) is 1.03. The Labute approximate surface area is 86.9 Å². The molecule has 0 bridgehead atoms. The van der Waals surface area contributed by atoms with Gasteiger partial charge in [0.15, 0.2) is 0 Å². The van der Waals surface area contributed by atoms with Crippen molar-refractivity contribution in [3.63, 3.8) is 0 Å². The molecule has 78 valence electrons. The zero-order valence-corrected chi connectivity index (χ0v) is 8.36. The molecular formula is C11H13N3O. The van der Waals surface area contributed by atoms with Crippen LogP contribution >= 0.6 is 0 Å². The third-order valence-corrected chi connectivity index (χ3v) is 3.02. The normalized spacial score (nSPS) is 21.2. The van der Waals surface area contributed by atoms with Crippen molar-refractivity contribution in [2.75, 3.05) is 13.1 Å². The standard InChI is InChI=1S/C11H13N3O/c15-11-13-9-3-1-2-4-10(9)14(11)8-5-6-12-7-8/h1-4,8,12H,5-7H2,(H,13,15)/t8-/m1/s1. The summed E-state index contributed by atoms with van der Waals surface area (Å²) in [5.41, 5.74) is 1.94. The number of fused-ring (bicyclic) bond motifs is 1. The van der Waals surface area contributed by atoms with Crippen LogP contribution < -0.4 is 11.0 Å². The van der Waals surface area contributed by atoms with Crippen molar-refractivity contribution in [1.82, 2.24) is 14.9 Å². The van der Waals surface area contributed by atoms with Crippen LogP contribution in [0.5, 0.6) is 0 Å². The van der Waals surface area contributed by atoms with E-state index in [9.17, 15) is 4.79 Å². The van der Waals surface area contributed by atoms with Crippen molar-refractivity contribution in [3.8, 4) is 0 Å². The first-order valence-electron chi connectivity index (χ1n) is 5.26. The number of aromatic amines is 1. The number of nitrogens with zero attached hydrogens (tertiary/aromatic N) is 1. The van der Waals surface area contributed by atoms with E-state index >= 15 is 0 Å². The largest absolute Gasteiger partial charge is 0.326 e. The second-order valence-electron chi connectivity index (χ2n) is 3.96. The molecule has 3 rings (SSSR count). The van der Waals surface area contributed by atoms with Crippen LogP contribution in [0.3, 0.4) is 0 Å². The number of nitrogens with one attached hydrogen (secondary N) is 2. The fraction of sp³-hybridized carbons (Fsp3) is 0.364. The molecular weight excluding hydrogens is 190 g/mol. The van der Waals surface area contributed by atoms with Crippen LogP contribution in [0.4, 0.5) is 0 Å². The van der Waals surface area contributed by atoms with E-state index in [0.717, 1.165) is 30.5 Å². The van der Waals surface area contributed by atoms with Crippen molar-refractivity contribution < 1.29 is 0 Å². The van der Waals surface area contributed by atoms with Crippen LogP contribution in [0, 0.1) is 0 Å². The summed E-state index contributed by atoms with van der Waals surface area (Å²) in [6.45, 7) is 1.89.